The van der Waals surface area contributed by atoms with E-state index in [1.165, 1.54) is 18.2 Å². The van der Waals surface area contributed by atoms with Gasteiger partial charge in [-0.15, -0.1) is 0 Å². The van der Waals surface area contributed by atoms with Gasteiger partial charge < -0.3 is 0 Å². The van der Waals surface area contributed by atoms with Crippen molar-refractivity contribution in [3.8, 4) is 11.1 Å². The Balaban J connectivity index is 2.13. The van der Waals surface area contributed by atoms with E-state index in [1.807, 2.05) is 0 Å². The maximum absolute atomic E-state index is 12.7. The Morgan fingerprint density at radius 1 is 1.12 bits per heavy atom. The molecule has 5 nitrogen and oxygen atoms in total. The Hall–Kier alpha value is -2.65. The molecule has 136 valence electrons. The van der Waals surface area contributed by atoms with Gasteiger partial charge in [-0.25, -0.2) is 13.6 Å². The van der Waals surface area contributed by atoms with Gasteiger partial charge in [0.2, 0.25) is 10.0 Å². The Bertz CT molecular complexity index is 1100. The summed E-state index contributed by atoms with van der Waals surface area (Å²) in [5.74, 6) is 0. The molecule has 0 atom stereocenters. The standard InChI is InChI=1S/C17H14F3N3O2S/c1-23-10-14-9-13(11-2-4-15(5-3-11)17(18,19)20)8-12(16(14)22-23)6-7-26(21,24)25/h2-10H,1H3,(H2,21,24,25)/b7-6+. The quantitative estimate of drug-likeness (QED) is 0.754. The van der Waals surface area contributed by atoms with Crippen molar-refractivity contribution < 1.29 is 21.6 Å². The predicted molar refractivity (Wildman–Crippen MR) is 93.3 cm³/mol. The second-order valence-electron chi connectivity index (χ2n) is 5.77. The summed E-state index contributed by atoms with van der Waals surface area (Å²) < 4.78 is 62.1. The van der Waals surface area contributed by atoms with E-state index in [2.05, 4.69) is 5.10 Å². The third-order valence-corrected chi connectivity index (χ3v) is 4.25. The maximum atomic E-state index is 12.7. The van der Waals surface area contributed by atoms with Crippen LogP contribution >= 0.6 is 0 Å². The van der Waals surface area contributed by atoms with E-state index in [0.717, 1.165) is 22.9 Å². The summed E-state index contributed by atoms with van der Waals surface area (Å²) in [6, 6.07) is 8.17. The molecule has 1 heterocycles. The molecule has 2 aromatic carbocycles. The number of primary sulfonamides is 1. The summed E-state index contributed by atoms with van der Waals surface area (Å²) in [7, 11) is -2.11. The minimum atomic E-state index is -4.41. The van der Waals surface area contributed by atoms with Crippen LogP contribution in [-0.4, -0.2) is 18.2 Å². The number of nitrogens with zero attached hydrogens (tertiary/aromatic N) is 2. The predicted octanol–water partition coefficient (Wildman–Crippen LogP) is 3.52. The molecule has 0 radical (unpaired) electrons. The smallest absolute Gasteiger partial charge is 0.275 e. The van der Waals surface area contributed by atoms with E-state index in [-0.39, 0.29) is 0 Å². The van der Waals surface area contributed by atoms with E-state index in [1.54, 1.807) is 30.1 Å². The topological polar surface area (TPSA) is 78.0 Å². The molecule has 9 heteroatoms. The minimum absolute atomic E-state index is 0.493. The molecular weight excluding hydrogens is 367 g/mol. The summed E-state index contributed by atoms with van der Waals surface area (Å²) in [6.07, 6.45) is -1.36. The number of nitrogens with two attached hydrogens (primary N) is 1. The number of aryl methyl sites for hydroxylation is 1. The number of hydrogen-bond donors (Lipinski definition) is 1. The van der Waals surface area contributed by atoms with Crippen LogP contribution in [0.3, 0.4) is 0 Å². The first-order valence-corrected chi connectivity index (χ1v) is 9.00. The van der Waals surface area contributed by atoms with Crippen molar-refractivity contribution >= 4 is 27.0 Å². The number of benzene rings is 2. The molecule has 3 aromatic rings. The van der Waals surface area contributed by atoms with Gasteiger partial charge in [-0.1, -0.05) is 12.1 Å². The second-order valence-corrected chi connectivity index (χ2v) is 7.22. The van der Waals surface area contributed by atoms with E-state index in [9.17, 15) is 21.6 Å². The molecule has 0 spiro atoms. The first kappa shape index (κ1) is 18.2. The average Bonchev–Trinajstić information content (AvgIpc) is 2.91. The summed E-state index contributed by atoms with van der Waals surface area (Å²) in [4.78, 5) is 0. The zero-order valence-electron chi connectivity index (χ0n) is 13.5. The summed E-state index contributed by atoms with van der Waals surface area (Å²) in [5, 5.41) is 10.8. The average molecular weight is 381 g/mol. The van der Waals surface area contributed by atoms with Crippen LogP contribution < -0.4 is 5.14 Å². The second kappa shape index (κ2) is 6.26. The number of alkyl halides is 3. The summed E-state index contributed by atoms with van der Waals surface area (Å²) in [5.41, 5.74) is 1.51. The molecule has 0 fully saturated rings. The summed E-state index contributed by atoms with van der Waals surface area (Å²) in [6.45, 7) is 0. The third-order valence-electron chi connectivity index (χ3n) is 3.74. The highest BCUT2D eigenvalue weighted by Crippen LogP contribution is 2.32. The van der Waals surface area contributed by atoms with Crippen LogP contribution in [0.2, 0.25) is 0 Å². The van der Waals surface area contributed by atoms with Gasteiger partial charge in [0, 0.05) is 29.6 Å². The van der Waals surface area contributed by atoms with Crippen LogP contribution in [0.25, 0.3) is 28.1 Å². The molecule has 0 aliphatic rings. The van der Waals surface area contributed by atoms with Crippen molar-refractivity contribution in [2.24, 2.45) is 12.2 Å². The van der Waals surface area contributed by atoms with Gasteiger partial charge in [-0.3, -0.25) is 4.68 Å². The first-order valence-electron chi connectivity index (χ1n) is 7.39. The summed E-state index contributed by atoms with van der Waals surface area (Å²) >= 11 is 0. The zero-order valence-corrected chi connectivity index (χ0v) is 14.3. The van der Waals surface area contributed by atoms with Crippen molar-refractivity contribution in [3.63, 3.8) is 0 Å². The number of halogens is 3. The number of aromatic nitrogens is 2. The highest BCUT2D eigenvalue weighted by atomic mass is 32.2. The molecule has 2 N–H and O–H groups in total. The highest BCUT2D eigenvalue weighted by Gasteiger charge is 2.30. The maximum Gasteiger partial charge on any atom is 0.416 e. The molecule has 0 saturated heterocycles. The molecule has 0 bridgehead atoms. The Labute approximate surface area is 147 Å². The van der Waals surface area contributed by atoms with Crippen molar-refractivity contribution in [2.45, 2.75) is 6.18 Å². The van der Waals surface area contributed by atoms with Gasteiger partial charge in [0.05, 0.1) is 11.1 Å². The lowest BCUT2D eigenvalue weighted by Crippen LogP contribution is -2.06. The Kier molecular flexibility index (Phi) is 4.37. The Morgan fingerprint density at radius 3 is 2.35 bits per heavy atom. The van der Waals surface area contributed by atoms with Crippen LogP contribution in [0.1, 0.15) is 11.1 Å². The highest BCUT2D eigenvalue weighted by molar-refractivity contribution is 7.92. The number of rotatable bonds is 3. The SMILES string of the molecule is Cn1cc2cc(-c3ccc(C(F)(F)F)cc3)cc(/C=C/S(N)(=O)=O)c2n1. The molecule has 0 unspecified atom stereocenters. The molecule has 0 amide bonds. The van der Waals surface area contributed by atoms with Crippen molar-refractivity contribution in [2.75, 3.05) is 0 Å². The zero-order chi connectivity index (χ0) is 19.1. The molecule has 1 aromatic heterocycles. The van der Waals surface area contributed by atoms with Crippen molar-refractivity contribution in [1.29, 1.82) is 0 Å². The van der Waals surface area contributed by atoms with E-state index < -0.39 is 21.8 Å². The number of fused-ring (bicyclic) bond motifs is 1. The lowest BCUT2D eigenvalue weighted by Gasteiger charge is -2.09. The van der Waals surface area contributed by atoms with Crippen molar-refractivity contribution in [3.05, 3.63) is 59.1 Å². The number of hydrogen-bond acceptors (Lipinski definition) is 3. The molecule has 0 saturated carbocycles. The monoisotopic (exact) mass is 381 g/mol. The van der Waals surface area contributed by atoms with Gasteiger partial charge in [0.15, 0.2) is 0 Å². The lowest BCUT2D eigenvalue weighted by molar-refractivity contribution is -0.137. The fraction of sp³-hybridized carbons (Fsp3) is 0.118. The lowest BCUT2D eigenvalue weighted by atomic mass is 9.99. The molecular formula is C17H14F3N3O2S. The Morgan fingerprint density at radius 2 is 1.77 bits per heavy atom. The van der Waals surface area contributed by atoms with Gasteiger partial charge >= 0.3 is 6.18 Å². The minimum Gasteiger partial charge on any atom is -0.275 e. The van der Waals surface area contributed by atoms with Crippen LogP contribution in [-0.2, 0) is 23.2 Å². The van der Waals surface area contributed by atoms with Crippen LogP contribution in [0, 0.1) is 0 Å². The third kappa shape index (κ3) is 3.94. The number of sulfonamides is 1. The molecule has 26 heavy (non-hydrogen) atoms. The van der Waals surface area contributed by atoms with Gasteiger partial charge in [0.1, 0.15) is 0 Å². The normalized spacial score (nSPS) is 13.0. The molecule has 0 aliphatic carbocycles. The van der Waals surface area contributed by atoms with Crippen LogP contribution in [0.15, 0.2) is 48.0 Å². The van der Waals surface area contributed by atoms with Gasteiger partial charge in [-0.05, 0) is 41.5 Å². The van der Waals surface area contributed by atoms with Crippen molar-refractivity contribution in [1.82, 2.24) is 9.78 Å². The van der Waals surface area contributed by atoms with Crippen LogP contribution in [0.5, 0.6) is 0 Å². The largest absolute Gasteiger partial charge is 0.416 e. The van der Waals surface area contributed by atoms with E-state index in [4.69, 9.17) is 5.14 Å². The molecule has 0 aliphatic heterocycles. The fourth-order valence-electron chi connectivity index (χ4n) is 2.60. The van der Waals surface area contributed by atoms with E-state index in [0.29, 0.717) is 22.2 Å². The first-order chi connectivity index (χ1) is 12.0. The fourth-order valence-corrected chi connectivity index (χ4v) is 2.93. The molecule has 3 rings (SSSR count). The van der Waals surface area contributed by atoms with Gasteiger partial charge in [0.25, 0.3) is 0 Å². The van der Waals surface area contributed by atoms with Gasteiger partial charge in [-0.2, -0.15) is 18.3 Å². The van der Waals surface area contributed by atoms with E-state index >= 15 is 0 Å². The van der Waals surface area contributed by atoms with Crippen LogP contribution in [0.4, 0.5) is 13.2 Å².